The standard InChI is InChI=1S/C75H112N20O24/c1-11-37(8)60(95-62(105)39(10)83-65(108)49(26-55(77)99)87-70(113)51(29-58(102)103)88-69(112)50(27-56(78)100)84-63(106)44(76)21-34(2)3)74(117)90-48(25-42-30-80-33-81-42)68(111)85-45(22-35(4)5)66(109)86-46(24-41-17-19-43(98)20-18-41)64(107)82-38(9)61(104)92-54(32-97)72(115)94-59(36(6)7)73(116)89-47(23-40-15-13-12-14-16-40)67(110)93-53(31-96)71(114)91-52(75(118)119)28-57(79)101/h12-20,30,33-39,44-54,59-60,96-98H,11,21-29,31-32,76H2,1-10H3,(H2,77,99)(H2,78,100)(H2,79,101)(H,80,81)(H,82,107)(H,83,108)(H,84,106)(H,85,111)(H,86,109)(H,87,113)(H,88,112)(H,89,116)(H,90,117)(H,91,114)(H,92,104)(H,93,110)(H,94,115)(H,95,105)(H,102,103)(H,118,119)/t37-,38-,39-,44-,45-,46-,47-,48-,49-,50-,51-,52-,53-,54-,59-,60-/m0/s1. The highest BCUT2D eigenvalue weighted by Gasteiger charge is 2.40. The van der Waals surface area contributed by atoms with Crippen molar-refractivity contribution >= 4 is 112 Å². The molecular formula is C75H112N20O24. The van der Waals surface area contributed by atoms with Gasteiger partial charge in [0.25, 0.3) is 0 Å². The Morgan fingerprint density at radius 1 is 0.387 bits per heavy atom. The summed E-state index contributed by atoms with van der Waals surface area (Å²) in [4.78, 5) is 262. The van der Waals surface area contributed by atoms with E-state index in [0.717, 1.165) is 6.92 Å². The van der Waals surface area contributed by atoms with Crippen molar-refractivity contribution in [2.45, 2.75) is 224 Å². The molecule has 0 saturated carbocycles. The van der Waals surface area contributed by atoms with Crippen LogP contribution in [0.5, 0.6) is 5.75 Å². The second-order valence-electron chi connectivity index (χ2n) is 29.7. The first-order valence-corrected chi connectivity index (χ1v) is 38.1. The molecular weight excluding hydrogens is 1560 g/mol. The number of H-pyrrole nitrogens is 1. The lowest BCUT2D eigenvalue weighted by Gasteiger charge is -2.29. The second kappa shape index (κ2) is 49.4. The number of carboxylic acid groups (broad SMARTS) is 2. The van der Waals surface area contributed by atoms with Gasteiger partial charge >= 0.3 is 11.9 Å². The number of aliphatic hydroxyl groups is 2. The lowest BCUT2D eigenvalue weighted by molar-refractivity contribution is -0.144. The largest absolute Gasteiger partial charge is 0.508 e. The van der Waals surface area contributed by atoms with E-state index in [2.05, 4.69) is 79.1 Å². The smallest absolute Gasteiger partial charge is 0.326 e. The summed E-state index contributed by atoms with van der Waals surface area (Å²) >= 11 is 0. The molecule has 1 heterocycles. The number of primary amides is 3. The first kappa shape index (κ1) is 100. The topological polar surface area (TPSA) is 727 Å². The number of benzene rings is 2. The van der Waals surface area contributed by atoms with Crippen LogP contribution in [0.1, 0.15) is 131 Å². The number of amides is 17. The number of aromatic amines is 1. The minimum atomic E-state index is -2.06. The fourth-order valence-corrected chi connectivity index (χ4v) is 11.5. The Bertz CT molecular complexity index is 4040. The van der Waals surface area contributed by atoms with Crippen LogP contribution in [-0.4, -0.2) is 252 Å². The highest BCUT2D eigenvalue weighted by Crippen LogP contribution is 2.17. The molecule has 1 aromatic heterocycles. The van der Waals surface area contributed by atoms with E-state index in [0.29, 0.717) is 11.1 Å². The number of aromatic hydroxyl groups is 1. The highest BCUT2D eigenvalue weighted by atomic mass is 16.4. The van der Waals surface area contributed by atoms with Gasteiger partial charge in [-0.1, -0.05) is 104 Å². The molecule has 656 valence electrons. The zero-order valence-electron chi connectivity index (χ0n) is 67.6. The molecule has 2 aromatic carbocycles. The number of aliphatic carboxylic acids is 2. The molecule has 0 fully saturated rings. The van der Waals surface area contributed by atoms with Crippen LogP contribution in [0.3, 0.4) is 0 Å². The number of rotatable bonds is 52. The Hall–Kier alpha value is -12.7. The Kier molecular flexibility index (Phi) is 41.7. The van der Waals surface area contributed by atoms with Crippen molar-refractivity contribution in [2.24, 2.45) is 46.6 Å². The van der Waals surface area contributed by atoms with Crippen molar-refractivity contribution in [3.8, 4) is 5.75 Å². The predicted octanol–water partition coefficient (Wildman–Crippen LogP) is -7.74. The van der Waals surface area contributed by atoms with Crippen molar-refractivity contribution in [3.05, 3.63) is 83.9 Å². The lowest BCUT2D eigenvalue weighted by atomic mass is 9.97. The van der Waals surface area contributed by atoms with Gasteiger partial charge in [0.15, 0.2) is 0 Å². The van der Waals surface area contributed by atoms with Crippen molar-refractivity contribution < 1.29 is 117 Å². The quantitative estimate of drug-likeness (QED) is 0.0250. The molecule has 0 unspecified atom stereocenters. The third-order valence-electron chi connectivity index (χ3n) is 18.2. The number of nitrogens with two attached hydrogens (primary N) is 4. The van der Waals surface area contributed by atoms with Gasteiger partial charge in [0.1, 0.15) is 90.3 Å². The maximum Gasteiger partial charge on any atom is 0.326 e. The van der Waals surface area contributed by atoms with Crippen LogP contribution in [0.15, 0.2) is 67.1 Å². The number of aliphatic hydroxyl groups excluding tert-OH is 2. The van der Waals surface area contributed by atoms with E-state index < -0.39 is 254 Å². The summed E-state index contributed by atoms with van der Waals surface area (Å²) in [6, 6.07) is -11.6. The summed E-state index contributed by atoms with van der Waals surface area (Å²) < 4.78 is 0. The van der Waals surface area contributed by atoms with Gasteiger partial charge in [-0.25, -0.2) is 9.78 Å². The average molecular weight is 1680 g/mol. The molecule has 0 aliphatic carbocycles. The number of carbonyl (C=O) groups is 19. The van der Waals surface area contributed by atoms with Gasteiger partial charge in [-0.3, -0.25) is 86.3 Å². The van der Waals surface area contributed by atoms with Gasteiger partial charge in [0.2, 0.25) is 100 Å². The molecule has 0 bridgehead atoms. The highest BCUT2D eigenvalue weighted by molar-refractivity contribution is 6.02. The molecule has 16 atom stereocenters. The van der Waals surface area contributed by atoms with E-state index in [4.69, 9.17) is 22.9 Å². The Labute approximate surface area is 684 Å². The van der Waals surface area contributed by atoms with E-state index in [1.165, 1.54) is 57.6 Å². The van der Waals surface area contributed by atoms with E-state index >= 15 is 0 Å². The molecule has 44 heteroatoms. The van der Waals surface area contributed by atoms with Crippen molar-refractivity contribution in [2.75, 3.05) is 13.2 Å². The Balaban J connectivity index is 1.89. The van der Waals surface area contributed by atoms with Crippen molar-refractivity contribution in [1.29, 1.82) is 0 Å². The molecule has 0 radical (unpaired) electrons. The maximum absolute atomic E-state index is 14.7. The SMILES string of the molecule is CC[C@H](C)[C@H](NC(=O)[C@H](C)NC(=O)[C@H](CC(N)=O)NC(=O)[C@H](CC(=O)O)NC(=O)[C@H](CC(N)=O)NC(=O)[C@@H](N)CC(C)C)C(=O)N[C@@H](Cc1c[nH]cn1)C(=O)N[C@@H](CC(C)C)C(=O)N[C@@H](Cc1ccc(O)cc1)C(=O)N[C@@H](C)C(=O)N[C@@H](CO)C(=O)N[C@H](C(=O)N[C@@H](Cc1ccccc1)C(=O)N[C@@H](CO)C(=O)N[C@@H](CC(N)=O)C(=O)O)C(C)C. The molecule has 3 rings (SSSR count). The van der Waals surface area contributed by atoms with Crippen molar-refractivity contribution in [1.82, 2.24) is 84.4 Å². The minimum absolute atomic E-state index is 0.0849. The van der Waals surface area contributed by atoms with Gasteiger partial charge in [0, 0.05) is 25.5 Å². The van der Waals surface area contributed by atoms with Crippen LogP contribution in [-0.2, 0) is 110 Å². The summed E-state index contributed by atoms with van der Waals surface area (Å²) in [6.45, 7) is 13.2. The van der Waals surface area contributed by atoms with Crippen molar-refractivity contribution in [3.63, 3.8) is 0 Å². The molecule has 0 aliphatic heterocycles. The summed E-state index contributed by atoms with van der Waals surface area (Å²) in [7, 11) is 0. The van der Waals surface area contributed by atoms with Crippen LogP contribution in [0, 0.1) is 23.7 Å². The van der Waals surface area contributed by atoms with Gasteiger partial charge < -0.3 is 128 Å². The average Bonchev–Trinajstić information content (AvgIpc) is 1.10. The number of hydrogen-bond acceptors (Lipinski definition) is 24. The van der Waals surface area contributed by atoms with Crippen LogP contribution in [0.25, 0.3) is 0 Å². The molecule has 3 aromatic rings. The fraction of sp³-hybridized carbons (Fsp3) is 0.547. The van der Waals surface area contributed by atoms with Gasteiger partial charge in [-0.2, -0.15) is 0 Å². The zero-order valence-corrected chi connectivity index (χ0v) is 67.6. The number of carbonyl (C=O) groups excluding carboxylic acids is 17. The Morgan fingerprint density at radius 3 is 1.18 bits per heavy atom. The molecule has 119 heavy (non-hydrogen) atoms. The van der Waals surface area contributed by atoms with Crippen LogP contribution in [0.4, 0.5) is 0 Å². The fourth-order valence-electron chi connectivity index (χ4n) is 11.5. The monoisotopic (exact) mass is 1680 g/mol. The summed E-state index contributed by atoms with van der Waals surface area (Å²) in [6.07, 6.45) is -1.89. The first-order valence-electron chi connectivity index (χ1n) is 38.1. The summed E-state index contributed by atoms with van der Waals surface area (Å²) in [5.41, 5.74) is 22.8. The summed E-state index contributed by atoms with van der Waals surface area (Å²) in [5.74, 6) is -24.3. The number of phenols is 1. The lowest BCUT2D eigenvalue weighted by Crippen LogP contribution is -2.62. The predicted molar refractivity (Wildman–Crippen MR) is 419 cm³/mol. The number of carboxylic acids is 2. The first-order chi connectivity index (χ1) is 55.8. The van der Waals surface area contributed by atoms with Gasteiger partial charge in [0.05, 0.1) is 57.0 Å². The van der Waals surface area contributed by atoms with Crippen LogP contribution < -0.4 is 97.4 Å². The number of phenolic OH excluding ortho intramolecular Hbond substituents is 1. The molecule has 0 saturated heterocycles. The number of nitrogens with one attached hydrogen (secondary N) is 15. The molecule has 0 spiro atoms. The van der Waals surface area contributed by atoms with Gasteiger partial charge in [-0.05, 0) is 73.6 Å². The normalized spacial score (nSPS) is 15.2. The third kappa shape index (κ3) is 35.3. The molecule has 0 aliphatic rings. The maximum atomic E-state index is 14.7. The van der Waals surface area contributed by atoms with Gasteiger partial charge in [-0.15, -0.1) is 0 Å². The third-order valence-corrected chi connectivity index (χ3v) is 18.2. The van der Waals surface area contributed by atoms with E-state index in [1.54, 1.807) is 71.9 Å². The number of nitrogens with zero attached hydrogens (tertiary/aromatic N) is 1. The number of imidazole rings is 1. The second-order valence-corrected chi connectivity index (χ2v) is 29.7. The molecule has 44 nitrogen and oxygen atoms in total. The molecule has 17 amide bonds. The number of aromatic nitrogens is 2. The van der Waals surface area contributed by atoms with Crippen LogP contribution in [0.2, 0.25) is 0 Å². The van der Waals surface area contributed by atoms with E-state index in [-0.39, 0.29) is 61.8 Å². The zero-order chi connectivity index (χ0) is 89.8. The minimum Gasteiger partial charge on any atom is -0.508 e. The summed E-state index contributed by atoms with van der Waals surface area (Å²) in [5, 5.41) is 83.0. The Morgan fingerprint density at radius 2 is 0.739 bits per heavy atom. The van der Waals surface area contributed by atoms with E-state index in [9.17, 15) is 117 Å². The molecule has 28 N–H and O–H groups in total. The van der Waals surface area contributed by atoms with E-state index in [1.807, 2.05) is 5.32 Å². The number of hydrogen-bond donors (Lipinski definition) is 24. The van der Waals surface area contributed by atoms with Crippen LogP contribution >= 0.6 is 0 Å².